The van der Waals surface area contributed by atoms with Crippen LogP contribution in [0.4, 0.5) is 5.69 Å². The highest BCUT2D eigenvalue weighted by Gasteiger charge is 2.66. The Morgan fingerprint density at radius 1 is 1.28 bits per heavy atom. The van der Waals surface area contributed by atoms with E-state index in [4.69, 9.17) is 31.5 Å². The van der Waals surface area contributed by atoms with Crippen molar-refractivity contribution in [3.05, 3.63) is 46.7 Å². The second-order valence-electron chi connectivity index (χ2n) is 7.54. The number of rotatable bonds is 3. The Labute approximate surface area is 172 Å². The van der Waals surface area contributed by atoms with Crippen molar-refractivity contribution in [2.24, 2.45) is 16.1 Å². The maximum Gasteiger partial charge on any atom is 0.283 e. The molecule has 2 spiro atoms. The van der Waals surface area contributed by atoms with E-state index >= 15 is 0 Å². The Morgan fingerprint density at radius 3 is 2.79 bits per heavy atom. The average Bonchev–Trinajstić information content (AvgIpc) is 3.40. The maximum atomic E-state index is 12.8. The SMILES string of the molecule is COc1cc(Cl)cnc1C(=O)Nc1ccc2c(c1)C1(COC(N)=N1)C1(CC1)CO2. The molecule has 9 heteroatoms. The van der Waals surface area contributed by atoms with E-state index in [0.717, 1.165) is 24.2 Å². The predicted molar refractivity (Wildman–Crippen MR) is 107 cm³/mol. The summed E-state index contributed by atoms with van der Waals surface area (Å²) in [5.41, 5.74) is 6.79. The molecule has 0 saturated heterocycles. The number of hydrogen-bond donors (Lipinski definition) is 2. The van der Waals surface area contributed by atoms with Crippen LogP contribution in [-0.2, 0) is 10.3 Å². The number of nitrogens with two attached hydrogens (primary N) is 1. The topological polar surface area (TPSA) is 108 Å². The lowest BCUT2D eigenvalue weighted by molar-refractivity contribution is 0.0871. The molecule has 0 bridgehead atoms. The van der Waals surface area contributed by atoms with Crippen molar-refractivity contribution in [3.8, 4) is 11.5 Å². The van der Waals surface area contributed by atoms with Crippen LogP contribution in [0.15, 0.2) is 35.5 Å². The number of benzene rings is 1. The Balaban J connectivity index is 1.50. The van der Waals surface area contributed by atoms with Crippen LogP contribution < -0.4 is 20.5 Å². The van der Waals surface area contributed by atoms with E-state index < -0.39 is 11.4 Å². The lowest BCUT2D eigenvalue weighted by Crippen LogP contribution is -2.44. The summed E-state index contributed by atoms with van der Waals surface area (Å²) < 4.78 is 16.8. The Bertz CT molecular complexity index is 1050. The van der Waals surface area contributed by atoms with Gasteiger partial charge in [-0.3, -0.25) is 4.79 Å². The highest BCUT2D eigenvalue weighted by atomic mass is 35.5. The highest BCUT2D eigenvalue weighted by Crippen LogP contribution is 2.65. The standard InChI is InChI=1S/C20H19ClN4O4/c1-27-15-6-11(21)8-23-16(15)17(26)24-12-2-3-14-13(7-12)20(10-29-18(22)25-20)19(4-5-19)9-28-14/h2-3,6-8H,4-5,9-10H2,1H3,(H2,22,25)(H,24,26). The number of methoxy groups -OCH3 is 1. The molecule has 5 rings (SSSR count). The fourth-order valence-electron chi connectivity index (χ4n) is 4.16. The number of hydrogen-bond acceptors (Lipinski definition) is 7. The summed E-state index contributed by atoms with van der Waals surface area (Å²) in [4.78, 5) is 21.6. The van der Waals surface area contributed by atoms with E-state index in [9.17, 15) is 4.79 Å². The second kappa shape index (κ2) is 6.25. The second-order valence-corrected chi connectivity index (χ2v) is 7.97. The number of nitrogens with one attached hydrogen (secondary N) is 1. The number of pyridine rings is 1. The predicted octanol–water partition coefficient (Wildman–Crippen LogP) is 2.71. The van der Waals surface area contributed by atoms with E-state index in [0.29, 0.717) is 29.7 Å². The molecule has 1 aliphatic carbocycles. The zero-order valence-corrected chi connectivity index (χ0v) is 16.5. The van der Waals surface area contributed by atoms with Crippen molar-refractivity contribution in [2.45, 2.75) is 18.4 Å². The van der Waals surface area contributed by atoms with E-state index in [1.807, 2.05) is 12.1 Å². The molecule has 1 atom stereocenters. The summed E-state index contributed by atoms with van der Waals surface area (Å²) >= 11 is 5.93. The first-order chi connectivity index (χ1) is 14.0. The number of aliphatic imine (C=N–C) groups is 1. The van der Waals surface area contributed by atoms with Gasteiger partial charge in [0.05, 0.1) is 18.7 Å². The van der Waals surface area contributed by atoms with Gasteiger partial charge in [-0.2, -0.15) is 0 Å². The van der Waals surface area contributed by atoms with Crippen molar-refractivity contribution >= 4 is 29.2 Å². The minimum atomic E-state index is -0.582. The average molecular weight is 415 g/mol. The van der Waals surface area contributed by atoms with Gasteiger partial charge < -0.3 is 25.3 Å². The van der Waals surface area contributed by atoms with Crippen LogP contribution in [0.5, 0.6) is 11.5 Å². The third-order valence-electron chi connectivity index (χ3n) is 5.90. The lowest BCUT2D eigenvalue weighted by Gasteiger charge is -2.39. The van der Waals surface area contributed by atoms with Gasteiger partial charge in [-0.05, 0) is 31.0 Å². The van der Waals surface area contributed by atoms with Gasteiger partial charge in [0, 0.05) is 28.9 Å². The molecule has 1 amide bonds. The molecule has 1 aromatic heterocycles. The number of amides is 1. The third kappa shape index (κ3) is 2.70. The number of carbonyl (C=O) groups is 1. The molecule has 2 aliphatic heterocycles. The molecule has 1 fully saturated rings. The zero-order chi connectivity index (χ0) is 20.2. The summed E-state index contributed by atoms with van der Waals surface area (Å²) in [5.74, 6) is 0.618. The summed E-state index contributed by atoms with van der Waals surface area (Å²) in [6.45, 7) is 0.955. The third-order valence-corrected chi connectivity index (χ3v) is 6.11. The van der Waals surface area contributed by atoms with Crippen molar-refractivity contribution in [1.82, 2.24) is 4.98 Å². The fourth-order valence-corrected chi connectivity index (χ4v) is 4.31. The first-order valence-electron chi connectivity index (χ1n) is 9.23. The van der Waals surface area contributed by atoms with Crippen molar-refractivity contribution in [1.29, 1.82) is 0 Å². The fraction of sp³-hybridized carbons (Fsp3) is 0.350. The van der Waals surface area contributed by atoms with Crippen LogP contribution in [0.1, 0.15) is 28.9 Å². The number of amidine groups is 1. The molecule has 8 nitrogen and oxygen atoms in total. The van der Waals surface area contributed by atoms with Gasteiger partial charge in [-0.15, -0.1) is 0 Å². The van der Waals surface area contributed by atoms with Crippen molar-refractivity contribution in [2.75, 3.05) is 25.6 Å². The monoisotopic (exact) mass is 414 g/mol. The summed E-state index contributed by atoms with van der Waals surface area (Å²) in [5, 5.41) is 3.25. The molecule has 0 radical (unpaired) electrons. The van der Waals surface area contributed by atoms with Gasteiger partial charge in [0.25, 0.3) is 11.9 Å². The van der Waals surface area contributed by atoms with Crippen molar-refractivity contribution in [3.63, 3.8) is 0 Å². The lowest BCUT2D eigenvalue weighted by atomic mass is 9.74. The number of nitrogens with zero attached hydrogens (tertiary/aromatic N) is 2. The summed E-state index contributed by atoms with van der Waals surface area (Å²) in [6.07, 6.45) is 3.39. The molecule has 3 heterocycles. The smallest absolute Gasteiger partial charge is 0.283 e. The van der Waals surface area contributed by atoms with Crippen molar-refractivity contribution < 1.29 is 19.0 Å². The molecule has 29 heavy (non-hydrogen) atoms. The number of anilines is 1. The van der Waals surface area contributed by atoms with Gasteiger partial charge >= 0.3 is 0 Å². The molecule has 2 aromatic rings. The molecular weight excluding hydrogens is 396 g/mol. The molecule has 1 aromatic carbocycles. The van der Waals surface area contributed by atoms with Gasteiger partial charge in [0.2, 0.25) is 0 Å². The van der Waals surface area contributed by atoms with E-state index in [1.165, 1.54) is 13.3 Å². The molecular formula is C20H19ClN4O4. The highest BCUT2D eigenvalue weighted by molar-refractivity contribution is 6.30. The quantitative estimate of drug-likeness (QED) is 0.799. The Hall–Kier alpha value is -3.00. The number of carbonyl (C=O) groups excluding carboxylic acids is 1. The minimum absolute atomic E-state index is 0.106. The number of ether oxygens (including phenoxy) is 3. The largest absolute Gasteiger partial charge is 0.494 e. The van der Waals surface area contributed by atoms with E-state index in [1.54, 1.807) is 12.1 Å². The van der Waals surface area contributed by atoms with Crippen LogP contribution in [-0.4, -0.2) is 37.2 Å². The minimum Gasteiger partial charge on any atom is -0.494 e. The molecule has 1 unspecified atom stereocenters. The van der Waals surface area contributed by atoms with Crippen LogP contribution in [0.3, 0.4) is 0 Å². The van der Waals surface area contributed by atoms with Crippen LogP contribution in [0.25, 0.3) is 0 Å². The number of aromatic nitrogens is 1. The van der Waals surface area contributed by atoms with Crippen LogP contribution in [0, 0.1) is 5.41 Å². The van der Waals surface area contributed by atoms with Gasteiger partial charge in [0.15, 0.2) is 11.4 Å². The zero-order valence-electron chi connectivity index (χ0n) is 15.7. The van der Waals surface area contributed by atoms with Gasteiger partial charge in [-0.25, -0.2) is 9.98 Å². The molecule has 3 aliphatic rings. The summed E-state index contributed by atoms with van der Waals surface area (Å²) in [6, 6.07) is 7.22. The van der Waals surface area contributed by atoms with Gasteiger partial charge in [-0.1, -0.05) is 11.6 Å². The molecule has 1 saturated carbocycles. The Morgan fingerprint density at radius 2 is 2.10 bits per heavy atom. The molecule has 150 valence electrons. The van der Waals surface area contributed by atoms with Crippen LogP contribution in [0.2, 0.25) is 5.02 Å². The van der Waals surface area contributed by atoms with Crippen LogP contribution >= 0.6 is 11.6 Å². The van der Waals surface area contributed by atoms with E-state index in [-0.39, 0.29) is 17.1 Å². The first-order valence-corrected chi connectivity index (χ1v) is 9.61. The number of halogens is 1. The Kier molecular flexibility index (Phi) is 3.89. The van der Waals surface area contributed by atoms with Gasteiger partial charge in [0.1, 0.15) is 17.9 Å². The van der Waals surface area contributed by atoms with E-state index in [2.05, 4.69) is 15.3 Å². The normalized spacial score (nSPS) is 23.0. The number of fused-ring (bicyclic) bond motifs is 3. The summed E-state index contributed by atoms with van der Waals surface area (Å²) in [7, 11) is 1.46. The molecule has 3 N–H and O–H groups in total. The maximum absolute atomic E-state index is 12.8. The first kappa shape index (κ1) is 18.1.